The van der Waals surface area contributed by atoms with Gasteiger partial charge in [-0.25, -0.2) is 5.48 Å². The summed E-state index contributed by atoms with van der Waals surface area (Å²) in [4.78, 5) is 27.3. The molecule has 2 rings (SSSR count). The molecule has 6 nitrogen and oxygen atoms in total. The number of hydrogen-bond acceptors (Lipinski definition) is 4. The smallest absolute Gasteiger partial charge is 0.243 e. The molecule has 1 heterocycles. The Balaban J connectivity index is 1.68. The molecule has 0 aromatic heterocycles. The van der Waals surface area contributed by atoms with Gasteiger partial charge in [0.1, 0.15) is 0 Å². The zero-order valence-electron chi connectivity index (χ0n) is 12.7. The standard InChI is InChI=1S/C16H23N3O3/c20-15(17-22)7-4-8-18-9-11-19(12-10-18)16(21)13-14-5-2-1-3-6-14/h1-3,5-6,22H,4,7-13H2,(H,17,20). The summed E-state index contributed by atoms with van der Waals surface area (Å²) >= 11 is 0. The molecule has 0 aliphatic carbocycles. The molecule has 2 N–H and O–H groups in total. The highest BCUT2D eigenvalue weighted by Gasteiger charge is 2.20. The van der Waals surface area contributed by atoms with Gasteiger partial charge in [0.15, 0.2) is 0 Å². The maximum absolute atomic E-state index is 12.2. The number of piperazine rings is 1. The van der Waals surface area contributed by atoms with Crippen molar-refractivity contribution in [2.24, 2.45) is 0 Å². The largest absolute Gasteiger partial charge is 0.340 e. The number of hydroxylamine groups is 1. The molecular formula is C16H23N3O3. The van der Waals surface area contributed by atoms with E-state index in [1.165, 1.54) is 0 Å². The van der Waals surface area contributed by atoms with Gasteiger partial charge in [0.25, 0.3) is 0 Å². The van der Waals surface area contributed by atoms with Crippen molar-refractivity contribution in [3.05, 3.63) is 35.9 Å². The minimum atomic E-state index is -0.350. The third-order valence-electron chi connectivity index (χ3n) is 3.93. The molecule has 1 fully saturated rings. The summed E-state index contributed by atoms with van der Waals surface area (Å²) in [5, 5.41) is 8.43. The van der Waals surface area contributed by atoms with Gasteiger partial charge in [-0.15, -0.1) is 0 Å². The first-order chi connectivity index (χ1) is 10.7. The third kappa shape index (κ3) is 5.13. The molecule has 0 saturated carbocycles. The monoisotopic (exact) mass is 305 g/mol. The highest BCUT2D eigenvalue weighted by atomic mass is 16.5. The van der Waals surface area contributed by atoms with Gasteiger partial charge in [0.2, 0.25) is 11.8 Å². The predicted octanol–water partition coefficient (Wildman–Crippen LogP) is 0.659. The molecule has 2 amide bonds. The first-order valence-electron chi connectivity index (χ1n) is 7.66. The van der Waals surface area contributed by atoms with Crippen molar-refractivity contribution < 1.29 is 14.8 Å². The first kappa shape index (κ1) is 16.5. The van der Waals surface area contributed by atoms with Crippen molar-refractivity contribution >= 4 is 11.8 Å². The lowest BCUT2D eigenvalue weighted by Gasteiger charge is -2.34. The van der Waals surface area contributed by atoms with Gasteiger partial charge in [-0.3, -0.25) is 19.7 Å². The number of nitrogens with one attached hydrogen (secondary N) is 1. The summed E-state index contributed by atoms with van der Waals surface area (Å²) in [6.45, 7) is 3.95. The lowest BCUT2D eigenvalue weighted by molar-refractivity contribution is -0.132. The molecule has 0 atom stereocenters. The molecule has 1 aromatic carbocycles. The zero-order valence-corrected chi connectivity index (χ0v) is 12.7. The maximum atomic E-state index is 12.2. The number of nitrogens with zero attached hydrogens (tertiary/aromatic N) is 2. The first-order valence-corrected chi connectivity index (χ1v) is 7.66. The van der Waals surface area contributed by atoms with Crippen molar-refractivity contribution in [1.29, 1.82) is 0 Å². The van der Waals surface area contributed by atoms with Gasteiger partial charge < -0.3 is 4.90 Å². The second-order valence-corrected chi connectivity index (χ2v) is 5.52. The van der Waals surface area contributed by atoms with Gasteiger partial charge in [0.05, 0.1) is 6.42 Å². The molecule has 0 spiro atoms. The van der Waals surface area contributed by atoms with E-state index >= 15 is 0 Å². The average molecular weight is 305 g/mol. The van der Waals surface area contributed by atoms with Crippen LogP contribution in [0.25, 0.3) is 0 Å². The van der Waals surface area contributed by atoms with Crippen molar-refractivity contribution in [3.63, 3.8) is 0 Å². The number of rotatable bonds is 6. The summed E-state index contributed by atoms with van der Waals surface area (Å²) in [6, 6.07) is 9.79. The van der Waals surface area contributed by atoms with Gasteiger partial charge in [-0.05, 0) is 18.5 Å². The number of carbonyl (C=O) groups excluding carboxylic acids is 2. The normalized spacial score (nSPS) is 15.6. The predicted molar refractivity (Wildman–Crippen MR) is 82.3 cm³/mol. The van der Waals surface area contributed by atoms with Crippen molar-refractivity contribution in [2.75, 3.05) is 32.7 Å². The molecule has 0 unspecified atom stereocenters. The van der Waals surface area contributed by atoms with Crippen LogP contribution in [0.1, 0.15) is 18.4 Å². The van der Waals surface area contributed by atoms with Crippen LogP contribution in [-0.4, -0.2) is 59.5 Å². The van der Waals surface area contributed by atoms with E-state index in [0.717, 1.165) is 38.3 Å². The van der Waals surface area contributed by atoms with Crippen LogP contribution in [-0.2, 0) is 16.0 Å². The van der Waals surface area contributed by atoms with Crippen molar-refractivity contribution in [3.8, 4) is 0 Å². The van der Waals surface area contributed by atoms with E-state index in [9.17, 15) is 9.59 Å². The van der Waals surface area contributed by atoms with E-state index in [4.69, 9.17) is 5.21 Å². The van der Waals surface area contributed by atoms with E-state index in [1.54, 1.807) is 5.48 Å². The van der Waals surface area contributed by atoms with Gasteiger partial charge in [-0.1, -0.05) is 30.3 Å². The van der Waals surface area contributed by atoms with Gasteiger partial charge in [-0.2, -0.15) is 0 Å². The quantitative estimate of drug-likeness (QED) is 0.598. The Morgan fingerprint density at radius 3 is 2.41 bits per heavy atom. The summed E-state index contributed by atoms with van der Waals surface area (Å²) in [7, 11) is 0. The highest BCUT2D eigenvalue weighted by molar-refractivity contribution is 5.78. The van der Waals surface area contributed by atoms with Crippen LogP contribution in [0.2, 0.25) is 0 Å². The van der Waals surface area contributed by atoms with E-state index < -0.39 is 0 Å². The molecule has 0 bridgehead atoms. The SMILES string of the molecule is O=C(CCCN1CCN(C(=O)Cc2ccccc2)CC1)NO. The fraction of sp³-hybridized carbons (Fsp3) is 0.500. The molecule has 0 radical (unpaired) electrons. The molecule has 6 heteroatoms. The molecule has 120 valence electrons. The summed E-state index contributed by atoms with van der Waals surface area (Å²) < 4.78 is 0. The minimum Gasteiger partial charge on any atom is -0.340 e. The molecule has 1 saturated heterocycles. The van der Waals surface area contributed by atoms with Crippen LogP contribution in [0.3, 0.4) is 0 Å². The van der Waals surface area contributed by atoms with Crippen molar-refractivity contribution in [1.82, 2.24) is 15.3 Å². The Bertz CT molecular complexity index is 485. The van der Waals surface area contributed by atoms with E-state index in [0.29, 0.717) is 19.3 Å². The maximum Gasteiger partial charge on any atom is 0.243 e. The Hall–Kier alpha value is -1.92. The Morgan fingerprint density at radius 1 is 1.09 bits per heavy atom. The van der Waals surface area contributed by atoms with Crippen LogP contribution in [0.15, 0.2) is 30.3 Å². The molecule has 1 aliphatic rings. The lowest BCUT2D eigenvalue weighted by atomic mass is 10.1. The van der Waals surface area contributed by atoms with E-state index in [2.05, 4.69) is 4.90 Å². The summed E-state index contributed by atoms with van der Waals surface area (Å²) in [5.41, 5.74) is 2.68. The molecule has 1 aliphatic heterocycles. The molecule has 1 aromatic rings. The minimum absolute atomic E-state index is 0.172. The fourth-order valence-electron chi connectivity index (χ4n) is 2.62. The number of carbonyl (C=O) groups is 2. The van der Waals surface area contributed by atoms with E-state index in [-0.39, 0.29) is 11.8 Å². The zero-order chi connectivity index (χ0) is 15.8. The van der Waals surface area contributed by atoms with Gasteiger partial charge >= 0.3 is 0 Å². The van der Waals surface area contributed by atoms with Crippen LogP contribution in [0, 0.1) is 0 Å². The summed E-state index contributed by atoms with van der Waals surface area (Å²) in [6.07, 6.45) is 1.49. The van der Waals surface area contributed by atoms with Crippen LogP contribution in [0.4, 0.5) is 0 Å². The molecular weight excluding hydrogens is 282 g/mol. The number of hydrogen-bond donors (Lipinski definition) is 2. The Morgan fingerprint density at radius 2 is 1.77 bits per heavy atom. The van der Waals surface area contributed by atoms with Crippen molar-refractivity contribution in [2.45, 2.75) is 19.3 Å². The van der Waals surface area contributed by atoms with Crippen LogP contribution in [0.5, 0.6) is 0 Å². The lowest BCUT2D eigenvalue weighted by Crippen LogP contribution is -2.49. The number of benzene rings is 1. The number of amides is 2. The average Bonchev–Trinajstić information content (AvgIpc) is 2.56. The van der Waals surface area contributed by atoms with Gasteiger partial charge in [0, 0.05) is 32.6 Å². The Labute approximate surface area is 130 Å². The second kappa shape index (κ2) is 8.51. The van der Waals surface area contributed by atoms with E-state index in [1.807, 2.05) is 35.2 Å². The Kier molecular flexibility index (Phi) is 6.36. The van der Waals surface area contributed by atoms with Crippen LogP contribution < -0.4 is 5.48 Å². The van der Waals surface area contributed by atoms with Crippen LogP contribution >= 0.6 is 0 Å². The third-order valence-corrected chi connectivity index (χ3v) is 3.93. The molecule has 22 heavy (non-hydrogen) atoms. The second-order valence-electron chi connectivity index (χ2n) is 5.52. The fourth-order valence-corrected chi connectivity index (χ4v) is 2.62. The highest BCUT2D eigenvalue weighted by Crippen LogP contribution is 2.07. The summed E-state index contributed by atoms with van der Waals surface area (Å²) in [5.74, 6) is -0.179. The topological polar surface area (TPSA) is 72.9 Å².